The second-order valence-electron chi connectivity index (χ2n) is 3.50. The first-order valence-electron chi connectivity index (χ1n) is 5.40. The molecule has 1 rings (SSSR count). The van der Waals surface area contributed by atoms with Crippen LogP contribution in [-0.4, -0.2) is 36.7 Å². The van der Waals surface area contributed by atoms with Crippen LogP contribution in [0.1, 0.15) is 27.2 Å². The standard InChI is InChI=1S/C11H19N3O/c1-4-10(13-5-2)9(3)14-7-6-12-8-11(14)15/h5,12H,4,6-8H2,1-3H3/b10-9-,13-5?. The average molecular weight is 209 g/mol. The average Bonchev–Trinajstić information content (AvgIpc) is 2.25. The molecule has 0 atom stereocenters. The summed E-state index contributed by atoms with van der Waals surface area (Å²) in [6.07, 6.45) is 2.63. The molecule has 84 valence electrons. The summed E-state index contributed by atoms with van der Waals surface area (Å²) < 4.78 is 0. The molecule has 1 fully saturated rings. The predicted octanol–water partition coefficient (Wildman–Crippen LogP) is 1.15. The number of carbonyl (C=O) groups is 1. The molecule has 0 unspecified atom stereocenters. The summed E-state index contributed by atoms with van der Waals surface area (Å²) in [6, 6.07) is 0. The van der Waals surface area contributed by atoms with Crippen LogP contribution in [-0.2, 0) is 4.79 Å². The van der Waals surface area contributed by atoms with Gasteiger partial charge in [-0.05, 0) is 20.3 Å². The molecule has 0 bridgehead atoms. The molecule has 1 N–H and O–H groups in total. The number of allylic oxidation sites excluding steroid dienone is 2. The number of carbonyl (C=O) groups excluding carboxylic acids is 1. The molecule has 1 heterocycles. The Balaban J connectivity index is 2.87. The molecule has 0 aromatic carbocycles. The normalized spacial score (nSPS) is 19.7. The van der Waals surface area contributed by atoms with Crippen molar-refractivity contribution in [2.75, 3.05) is 19.6 Å². The van der Waals surface area contributed by atoms with Crippen molar-refractivity contribution in [3.8, 4) is 0 Å². The van der Waals surface area contributed by atoms with Gasteiger partial charge in [0.2, 0.25) is 5.91 Å². The van der Waals surface area contributed by atoms with Gasteiger partial charge in [-0.15, -0.1) is 0 Å². The summed E-state index contributed by atoms with van der Waals surface area (Å²) in [5.74, 6) is 0.135. The first kappa shape index (κ1) is 11.9. The van der Waals surface area contributed by atoms with E-state index in [-0.39, 0.29) is 5.91 Å². The number of aliphatic imine (C=N–C) groups is 1. The molecule has 0 aromatic heterocycles. The lowest BCUT2D eigenvalue weighted by Gasteiger charge is -2.28. The third-order valence-corrected chi connectivity index (χ3v) is 2.53. The van der Waals surface area contributed by atoms with Gasteiger partial charge in [-0.2, -0.15) is 0 Å². The number of hydrogen-bond donors (Lipinski definition) is 1. The molecule has 0 aliphatic carbocycles. The van der Waals surface area contributed by atoms with Crippen LogP contribution >= 0.6 is 0 Å². The minimum Gasteiger partial charge on any atom is -0.312 e. The zero-order valence-corrected chi connectivity index (χ0v) is 9.71. The third-order valence-electron chi connectivity index (χ3n) is 2.53. The third kappa shape index (κ3) is 2.89. The van der Waals surface area contributed by atoms with E-state index in [0.717, 1.165) is 30.9 Å². The lowest BCUT2D eigenvalue weighted by atomic mass is 10.2. The summed E-state index contributed by atoms with van der Waals surface area (Å²) in [4.78, 5) is 17.8. The minimum absolute atomic E-state index is 0.135. The van der Waals surface area contributed by atoms with Crippen molar-refractivity contribution >= 4 is 12.1 Å². The molecule has 0 aromatic rings. The Bertz CT molecular complexity index is 294. The Morgan fingerprint density at radius 3 is 2.93 bits per heavy atom. The van der Waals surface area contributed by atoms with Crippen molar-refractivity contribution in [3.05, 3.63) is 11.4 Å². The quantitative estimate of drug-likeness (QED) is 0.709. The lowest BCUT2D eigenvalue weighted by Crippen LogP contribution is -2.47. The highest BCUT2D eigenvalue weighted by Crippen LogP contribution is 2.15. The van der Waals surface area contributed by atoms with Gasteiger partial charge in [0.1, 0.15) is 0 Å². The summed E-state index contributed by atoms with van der Waals surface area (Å²) in [7, 11) is 0. The number of rotatable bonds is 3. The number of amides is 1. The van der Waals surface area contributed by atoms with Crippen LogP contribution in [0.3, 0.4) is 0 Å². The van der Waals surface area contributed by atoms with Gasteiger partial charge >= 0.3 is 0 Å². The van der Waals surface area contributed by atoms with Crippen molar-refractivity contribution in [2.45, 2.75) is 27.2 Å². The fourth-order valence-corrected chi connectivity index (χ4v) is 1.71. The molecule has 1 saturated heterocycles. The maximum absolute atomic E-state index is 11.6. The molecule has 0 saturated carbocycles. The summed E-state index contributed by atoms with van der Waals surface area (Å²) in [6.45, 7) is 7.95. The summed E-state index contributed by atoms with van der Waals surface area (Å²) in [5.41, 5.74) is 1.98. The van der Waals surface area contributed by atoms with Crippen molar-refractivity contribution in [1.29, 1.82) is 0 Å². The Kier molecular flexibility index (Phi) is 4.49. The molecule has 0 spiro atoms. The number of nitrogens with zero attached hydrogens (tertiary/aromatic N) is 2. The molecular formula is C11H19N3O. The zero-order chi connectivity index (χ0) is 11.3. The SMILES string of the molecule is CC=N/C(CC)=C(/C)N1CCNCC1=O. The highest BCUT2D eigenvalue weighted by molar-refractivity contribution is 5.80. The van der Waals surface area contributed by atoms with E-state index in [1.807, 2.05) is 18.7 Å². The van der Waals surface area contributed by atoms with Gasteiger partial charge in [0.05, 0.1) is 12.2 Å². The predicted molar refractivity (Wildman–Crippen MR) is 61.7 cm³/mol. The van der Waals surface area contributed by atoms with E-state index in [0.29, 0.717) is 6.54 Å². The van der Waals surface area contributed by atoms with Gasteiger partial charge in [0.25, 0.3) is 0 Å². The first-order chi connectivity index (χ1) is 7.20. The van der Waals surface area contributed by atoms with E-state index >= 15 is 0 Å². The van der Waals surface area contributed by atoms with Gasteiger partial charge in [-0.25, -0.2) is 0 Å². The summed E-state index contributed by atoms with van der Waals surface area (Å²) in [5, 5.41) is 3.06. The zero-order valence-electron chi connectivity index (χ0n) is 9.71. The highest BCUT2D eigenvalue weighted by Gasteiger charge is 2.20. The first-order valence-corrected chi connectivity index (χ1v) is 5.40. The lowest BCUT2D eigenvalue weighted by molar-refractivity contribution is -0.129. The van der Waals surface area contributed by atoms with Gasteiger partial charge in [-0.3, -0.25) is 9.79 Å². The topological polar surface area (TPSA) is 44.7 Å². The molecular weight excluding hydrogens is 190 g/mol. The molecule has 1 aliphatic rings. The van der Waals surface area contributed by atoms with E-state index in [1.54, 1.807) is 6.21 Å². The van der Waals surface area contributed by atoms with Crippen molar-refractivity contribution in [2.24, 2.45) is 4.99 Å². The Morgan fingerprint density at radius 2 is 2.40 bits per heavy atom. The van der Waals surface area contributed by atoms with Gasteiger partial charge < -0.3 is 10.2 Å². The smallest absolute Gasteiger partial charge is 0.240 e. The van der Waals surface area contributed by atoms with Gasteiger partial charge in [0, 0.05) is 25.0 Å². The van der Waals surface area contributed by atoms with E-state index in [2.05, 4.69) is 17.2 Å². The van der Waals surface area contributed by atoms with E-state index in [1.165, 1.54) is 0 Å². The number of piperazine rings is 1. The molecule has 4 nitrogen and oxygen atoms in total. The largest absolute Gasteiger partial charge is 0.312 e. The molecule has 1 amide bonds. The fourth-order valence-electron chi connectivity index (χ4n) is 1.71. The maximum Gasteiger partial charge on any atom is 0.240 e. The van der Waals surface area contributed by atoms with E-state index in [9.17, 15) is 4.79 Å². The minimum atomic E-state index is 0.135. The second-order valence-corrected chi connectivity index (χ2v) is 3.50. The fraction of sp³-hybridized carbons (Fsp3) is 0.636. The maximum atomic E-state index is 11.6. The van der Waals surface area contributed by atoms with Gasteiger partial charge in [-0.1, -0.05) is 6.92 Å². The van der Waals surface area contributed by atoms with Crippen LogP contribution in [0.15, 0.2) is 16.4 Å². The van der Waals surface area contributed by atoms with Crippen LogP contribution in [0.25, 0.3) is 0 Å². The van der Waals surface area contributed by atoms with E-state index in [4.69, 9.17) is 0 Å². The van der Waals surface area contributed by atoms with Crippen LogP contribution < -0.4 is 5.32 Å². The van der Waals surface area contributed by atoms with Crippen LogP contribution in [0.2, 0.25) is 0 Å². The monoisotopic (exact) mass is 209 g/mol. The number of nitrogens with one attached hydrogen (secondary N) is 1. The Morgan fingerprint density at radius 1 is 1.67 bits per heavy atom. The number of hydrogen-bond acceptors (Lipinski definition) is 3. The Labute approximate surface area is 91.1 Å². The van der Waals surface area contributed by atoms with Crippen LogP contribution in [0.4, 0.5) is 0 Å². The van der Waals surface area contributed by atoms with Crippen molar-refractivity contribution in [3.63, 3.8) is 0 Å². The van der Waals surface area contributed by atoms with Crippen LogP contribution in [0.5, 0.6) is 0 Å². The molecule has 15 heavy (non-hydrogen) atoms. The Hall–Kier alpha value is -1.16. The van der Waals surface area contributed by atoms with Crippen LogP contribution in [0, 0.1) is 0 Å². The van der Waals surface area contributed by atoms with Gasteiger partial charge in [0.15, 0.2) is 0 Å². The van der Waals surface area contributed by atoms with Crippen molar-refractivity contribution < 1.29 is 4.79 Å². The highest BCUT2D eigenvalue weighted by atomic mass is 16.2. The molecule has 0 radical (unpaired) electrons. The summed E-state index contributed by atoms with van der Waals surface area (Å²) >= 11 is 0. The van der Waals surface area contributed by atoms with E-state index < -0.39 is 0 Å². The van der Waals surface area contributed by atoms with Crippen molar-refractivity contribution in [1.82, 2.24) is 10.2 Å². The molecule has 1 aliphatic heterocycles. The molecule has 4 heteroatoms. The second kappa shape index (κ2) is 5.66.